The third-order valence-electron chi connectivity index (χ3n) is 4.14. The molecule has 0 unspecified atom stereocenters. The number of hydrogen-bond acceptors (Lipinski definition) is 5. The summed E-state index contributed by atoms with van der Waals surface area (Å²) < 4.78 is 5.47. The Bertz CT molecular complexity index is 838. The summed E-state index contributed by atoms with van der Waals surface area (Å²) >= 11 is 0. The molecule has 27 heavy (non-hydrogen) atoms. The molecule has 0 fully saturated rings. The van der Waals surface area contributed by atoms with Crippen molar-refractivity contribution in [2.75, 3.05) is 25.1 Å². The highest BCUT2D eigenvalue weighted by Gasteiger charge is 2.03. The summed E-state index contributed by atoms with van der Waals surface area (Å²) in [6.07, 6.45) is 2.06. The number of hydrogen-bond donors (Lipinski definition) is 1. The number of nitrogens with zero attached hydrogens (tertiary/aromatic N) is 3. The van der Waals surface area contributed by atoms with E-state index in [9.17, 15) is 4.79 Å². The van der Waals surface area contributed by atoms with Gasteiger partial charge in [0.2, 0.25) is 0 Å². The quantitative estimate of drug-likeness (QED) is 0.576. The summed E-state index contributed by atoms with van der Waals surface area (Å²) in [5, 5.41) is 12.6. The maximum atomic E-state index is 11.8. The first-order chi connectivity index (χ1) is 13.0. The predicted octanol–water partition coefficient (Wildman–Crippen LogP) is 3.18. The van der Waals surface area contributed by atoms with Crippen LogP contribution in [0.5, 0.6) is 5.75 Å². The molecule has 140 valence electrons. The SMILES string of the molecule is Cc1ccc(OCC(=O)N/N=C\c2ccc(N(C)CCC#N)cc2)cc1C. The lowest BCUT2D eigenvalue weighted by Gasteiger charge is -2.17. The van der Waals surface area contributed by atoms with E-state index in [1.54, 1.807) is 6.21 Å². The number of ether oxygens (including phenoxy) is 1. The average molecular weight is 364 g/mol. The summed E-state index contributed by atoms with van der Waals surface area (Å²) in [7, 11) is 1.94. The molecular weight excluding hydrogens is 340 g/mol. The molecule has 0 aliphatic rings. The van der Waals surface area contributed by atoms with Crippen molar-refractivity contribution in [1.82, 2.24) is 5.43 Å². The van der Waals surface area contributed by atoms with Crippen LogP contribution in [0.15, 0.2) is 47.6 Å². The number of anilines is 1. The van der Waals surface area contributed by atoms with Crippen LogP contribution in [-0.4, -0.2) is 32.3 Å². The fraction of sp³-hybridized carbons (Fsp3) is 0.286. The van der Waals surface area contributed by atoms with Crippen LogP contribution >= 0.6 is 0 Å². The van der Waals surface area contributed by atoms with Crippen molar-refractivity contribution in [2.24, 2.45) is 5.10 Å². The van der Waals surface area contributed by atoms with E-state index in [4.69, 9.17) is 10.00 Å². The van der Waals surface area contributed by atoms with Gasteiger partial charge in [0.25, 0.3) is 5.91 Å². The van der Waals surface area contributed by atoms with Crippen LogP contribution in [0, 0.1) is 25.2 Å². The van der Waals surface area contributed by atoms with Crippen LogP contribution in [0.2, 0.25) is 0 Å². The Hall–Kier alpha value is -3.33. The number of carbonyl (C=O) groups excluding carboxylic acids is 1. The minimum Gasteiger partial charge on any atom is -0.484 e. The molecule has 2 rings (SSSR count). The van der Waals surface area contributed by atoms with Gasteiger partial charge in [-0.15, -0.1) is 0 Å². The Morgan fingerprint density at radius 2 is 1.96 bits per heavy atom. The number of carbonyl (C=O) groups is 1. The van der Waals surface area contributed by atoms with Gasteiger partial charge in [0.1, 0.15) is 5.75 Å². The van der Waals surface area contributed by atoms with E-state index in [2.05, 4.69) is 16.6 Å². The molecule has 0 bridgehead atoms. The van der Waals surface area contributed by atoms with E-state index < -0.39 is 0 Å². The molecule has 0 heterocycles. The Kier molecular flexibility index (Phi) is 7.38. The number of aryl methyl sites for hydroxylation is 2. The predicted molar refractivity (Wildman–Crippen MR) is 107 cm³/mol. The lowest BCUT2D eigenvalue weighted by atomic mass is 10.1. The standard InChI is InChI=1S/C21H24N4O2/c1-16-5-10-20(13-17(16)2)27-15-21(26)24-23-14-18-6-8-19(9-7-18)25(3)12-4-11-22/h5-10,13-14H,4,12,15H2,1-3H3,(H,24,26)/b23-14-. The number of nitrogens with one attached hydrogen (secondary N) is 1. The highest BCUT2D eigenvalue weighted by Crippen LogP contribution is 2.16. The van der Waals surface area contributed by atoms with E-state index in [1.807, 2.05) is 68.3 Å². The first kappa shape index (κ1) is 20.0. The van der Waals surface area contributed by atoms with Gasteiger partial charge in [-0.1, -0.05) is 18.2 Å². The van der Waals surface area contributed by atoms with Crippen molar-refractivity contribution in [1.29, 1.82) is 5.26 Å². The Labute approximate surface area is 160 Å². The highest BCUT2D eigenvalue weighted by atomic mass is 16.5. The first-order valence-electron chi connectivity index (χ1n) is 8.69. The molecule has 0 atom stereocenters. The van der Waals surface area contributed by atoms with Crippen molar-refractivity contribution in [2.45, 2.75) is 20.3 Å². The van der Waals surface area contributed by atoms with Crippen molar-refractivity contribution in [3.8, 4) is 11.8 Å². The molecule has 6 nitrogen and oxygen atoms in total. The lowest BCUT2D eigenvalue weighted by Crippen LogP contribution is -2.24. The molecule has 2 aromatic rings. The van der Waals surface area contributed by atoms with E-state index in [1.165, 1.54) is 5.56 Å². The van der Waals surface area contributed by atoms with Gasteiger partial charge in [-0.05, 0) is 54.8 Å². The zero-order valence-electron chi connectivity index (χ0n) is 15.9. The zero-order valence-corrected chi connectivity index (χ0v) is 15.9. The van der Waals surface area contributed by atoms with E-state index in [-0.39, 0.29) is 12.5 Å². The first-order valence-corrected chi connectivity index (χ1v) is 8.69. The van der Waals surface area contributed by atoms with Gasteiger partial charge in [-0.2, -0.15) is 10.4 Å². The largest absolute Gasteiger partial charge is 0.484 e. The van der Waals surface area contributed by atoms with Crippen LogP contribution < -0.4 is 15.1 Å². The summed E-state index contributed by atoms with van der Waals surface area (Å²) in [5.41, 5.74) is 6.63. The van der Waals surface area contributed by atoms with Crippen LogP contribution in [0.25, 0.3) is 0 Å². The molecule has 6 heteroatoms. The molecule has 0 aromatic heterocycles. The Morgan fingerprint density at radius 1 is 1.22 bits per heavy atom. The Morgan fingerprint density at radius 3 is 2.63 bits per heavy atom. The van der Waals surface area contributed by atoms with Crippen molar-refractivity contribution < 1.29 is 9.53 Å². The minimum atomic E-state index is -0.322. The molecular formula is C21H24N4O2. The van der Waals surface area contributed by atoms with Crippen LogP contribution in [0.4, 0.5) is 5.69 Å². The van der Waals surface area contributed by atoms with Gasteiger partial charge >= 0.3 is 0 Å². The second kappa shape index (κ2) is 9.97. The van der Waals surface area contributed by atoms with E-state index in [0.29, 0.717) is 18.7 Å². The summed E-state index contributed by atoms with van der Waals surface area (Å²) in [5.74, 6) is 0.339. The van der Waals surface area contributed by atoms with E-state index >= 15 is 0 Å². The van der Waals surface area contributed by atoms with Gasteiger partial charge < -0.3 is 9.64 Å². The second-order valence-corrected chi connectivity index (χ2v) is 6.25. The highest BCUT2D eigenvalue weighted by molar-refractivity contribution is 5.83. The van der Waals surface area contributed by atoms with Gasteiger partial charge in [0, 0.05) is 19.3 Å². The monoisotopic (exact) mass is 364 g/mol. The average Bonchev–Trinajstić information content (AvgIpc) is 2.67. The fourth-order valence-corrected chi connectivity index (χ4v) is 2.33. The van der Waals surface area contributed by atoms with Gasteiger partial charge in [0.05, 0.1) is 18.7 Å². The number of nitriles is 1. The maximum Gasteiger partial charge on any atom is 0.277 e. The van der Waals surface area contributed by atoms with Gasteiger partial charge in [-0.25, -0.2) is 5.43 Å². The molecule has 2 aromatic carbocycles. The molecule has 0 aliphatic heterocycles. The molecule has 0 radical (unpaired) electrons. The number of rotatable bonds is 8. The number of amides is 1. The van der Waals surface area contributed by atoms with Crippen LogP contribution in [0.3, 0.4) is 0 Å². The van der Waals surface area contributed by atoms with Crippen molar-refractivity contribution in [3.05, 3.63) is 59.2 Å². The molecule has 0 aliphatic carbocycles. The normalized spacial score (nSPS) is 10.4. The van der Waals surface area contributed by atoms with Crippen LogP contribution in [-0.2, 0) is 4.79 Å². The lowest BCUT2D eigenvalue weighted by molar-refractivity contribution is -0.123. The molecule has 1 amide bonds. The van der Waals surface area contributed by atoms with E-state index in [0.717, 1.165) is 16.8 Å². The smallest absolute Gasteiger partial charge is 0.277 e. The fourth-order valence-electron chi connectivity index (χ4n) is 2.33. The number of benzene rings is 2. The van der Waals surface area contributed by atoms with Crippen LogP contribution in [0.1, 0.15) is 23.1 Å². The second-order valence-electron chi connectivity index (χ2n) is 6.25. The Balaban J connectivity index is 1.79. The minimum absolute atomic E-state index is 0.0948. The topological polar surface area (TPSA) is 77.7 Å². The summed E-state index contributed by atoms with van der Waals surface area (Å²) in [6, 6.07) is 15.5. The maximum absolute atomic E-state index is 11.8. The third kappa shape index (κ3) is 6.48. The van der Waals surface area contributed by atoms with Gasteiger partial charge in [0.15, 0.2) is 6.61 Å². The number of hydrazone groups is 1. The third-order valence-corrected chi connectivity index (χ3v) is 4.14. The summed E-state index contributed by atoms with van der Waals surface area (Å²) in [4.78, 5) is 13.8. The molecule has 0 saturated carbocycles. The molecule has 0 saturated heterocycles. The van der Waals surface area contributed by atoms with Crippen molar-refractivity contribution in [3.63, 3.8) is 0 Å². The van der Waals surface area contributed by atoms with Crippen molar-refractivity contribution >= 4 is 17.8 Å². The summed E-state index contributed by atoms with van der Waals surface area (Å²) in [6.45, 7) is 4.61. The molecule has 0 spiro atoms. The zero-order chi connectivity index (χ0) is 19.6. The van der Waals surface area contributed by atoms with Gasteiger partial charge in [-0.3, -0.25) is 4.79 Å². The molecule has 1 N–H and O–H groups in total.